The van der Waals surface area contributed by atoms with E-state index in [2.05, 4.69) is 0 Å². The number of benzene rings is 2. The summed E-state index contributed by atoms with van der Waals surface area (Å²) < 4.78 is 63.6. The third kappa shape index (κ3) is 5.21. The van der Waals surface area contributed by atoms with E-state index in [1.54, 1.807) is 13.8 Å². The van der Waals surface area contributed by atoms with Crippen molar-refractivity contribution >= 4 is 6.16 Å². The van der Waals surface area contributed by atoms with Crippen LogP contribution in [0.2, 0.25) is 0 Å². The molecular weight excluding hydrogens is 352 g/mol. The van der Waals surface area contributed by atoms with Crippen LogP contribution >= 0.6 is 0 Å². The van der Waals surface area contributed by atoms with Crippen molar-refractivity contribution in [2.45, 2.75) is 38.9 Å². The van der Waals surface area contributed by atoms with Crippen molar-refractivity contribution in [1.29, 1.82) is 0 Å². The first kappa shape index (κ1) is 19.8. The highest BCUT2D eigenvalue weighted by molar-refractivity contribution is 5.61. The van der Waals surface area contributed by atoms with Crippen molar-refractivity contribution in [2.75, 3.05) is 0 Å². The summed E-state index contributed by atoms with van der Waals surface area (Å²) in [5.41, 5.74) is 0.290. The number of ether oxygens (including phenoxy) is 2. The molecule has 0 bridgehead atoms. The molecule has 0 saturated heterocycles. The number of rotatable bonds is 6. The van der Waals surface area contributed by atoms with E-state index in [-0.39, 0.29) is 24.0 Å². The van der Waals surface area contributed by atoms with Gasteiger partial charge in [0.1, 0.15) is 35.5 Å². The first-order valence-corrected chi connectivity index (χ1v) is 8.11. The van der Waals surface area contributed by atoms with Gasteiger partial charge in [0.05, 0.1) is 0 Å². The van der Waals surface area contributed by atoms with Crippen molar-refractivity contribution in [2.24, 2.45) is 0 Å². The third-order valence-corrected chi connectivity index (χ3v) is 3.73. The van der Waals surface area contributed by atoms with Gasteiger partial charge in [-0.3, -0.25) is 0 Å². The molecule has 26 heavy (non-hydrogen) atoms. The van der Waals surface area contributed by atoms with Crippen LogP contribution in [0, 0.1) is 23.3 Å². The zero-order valence-electron chi connectivity index (χ0n) is 14.3. The Morgan fingerprint density at radius 3 is 1.31 bits per heavy atom. The standard InChI is InChI=1S/C19H18F4O3/c1-3-17(11-5-13(20)9-14(21)6-11)25-19(24)26-18(4-2)12-7-15(22)10-16(23)8-12/h5-10,17-18H,3-4H2,1-2H3. The van der Waals surface area contributed by atoms with Crippen LogP contribution in [0.25, 0.3) is 0 Å². The van der Waals surface area contributed by atoms with Crippen molar-refractivity contribution in [3.63, 3.8) is 0 Å². The Labute approximate surface area is 148 Å². The van der Waals surface area contributed by atoms with Gasteiger partial charge in [0.15, 0.2) is 0 Å². The second-order valence-electron chi connectivity index (χ2n) is 5.69. The number of halogens is 4. The maximum atomic E-state index is 13.3. The smallest absolute Gasteiger partial charge is 0.426 e. The van der Waals surface area contributed by atoms with Crippen LogP contribution in [0.3, 0.4) is 0 Å². The molecule has 0 aliphatic carbocycles. The summed E-state index contributed by atoms with van der Waals surface area (Å²) in [6, 6.07) is 5.65. The average Bonchev–Trinajstić information content (AvgIpc) is 2.55. The van der Waals surface area contributed by atoms with E-state index in [1.807, 2.05) is 0 Å². The summed E-state index contributed by atoms with van der Waals surface area (Å²) >= 11 is 0. The SMILES string of the molecule is CCC(OC(=O)OC(CC)c1cc(F)cc(F)c1)c1cc(F)cc(F)c1. The fourth-order valence-corrected chi connectivity index (χ4v) is 2.56. The topological polar surface area (TPSA) is 35.5 Å². The zero-order valence-corrected chi connectivity index (χ0v) is 14.3. The largest absolute Gasteiger partial charge is 0.509 e. The van der Waals surface area contributed by atoms with Crippen molar-refractivity contribution < 1.29 is 31.8 Å². The van der Waals surface area contributed by atoms with Gasteiger partial charge in [-0.25, -0.2) is 22.4 Å². The summed E-state index contributed by atoms with van der Waals surface area (Å²) in [7, 11) is 0. The molecule has 2 aromatic carbocycles. The van der Waals surface area contributed by atoms with Gasteiger partial charge < -0.3 is 9.47 Å². The van der Waals surface area contributed by atoms with Gasteiger partial charge in [-0.1, -0.05) is 13.8 Å². The summed E-state index contributed by atoms with van der Waals surface area (Å²) in [5.74, 6) is -3.18. The molecule has 140 valence electrons. The highest BCUT2D eigenvalue weighted by Crippen LogP contribution is 2.27. The molecule has 0 aliphatic rings. The Morgan fingerprint density at radius 2 is 1.04 bits per heavy atom. The van der Waals surface area contributed by atoms with Gasteiger partial charge in [0, 0.05) is 12.1 Å². The lowest BCUT2D eigenvalue weighted by Gasteiger charge is -2.20. The van der Waals surface area contributed by atoms with Crippen LogP contribution in [0.5, 0.6) is 0 Å². The molecule has 0 aromatic heterocycles. The molecule has 2 unspecified atom stereocenters. The molecule has 0 amide bonds. The van der Waals surface area contributed by atoms with Gasteiger partial charge >= 0.3 is 6.16 Å². The second-order valence-corrected chi connectivity index (χ2v) is 5.69. The Bertz CT molecular complexity index is 675. The van der Waals surface area contributed by atoms with Crippen LogP contribution in [-0.2, 0) is 9.47 Å². The van der Waals surface area contributed by atoms with E-state index in [4.69, 9.17) is 9.47 Å². The summed E-state index contributed by atoms with van der Waals surface area (Å²) in [6.45, 7) is 3.33. The summed E-state index contributed by atoms with van der Waals surface area (Å²) in [5, 5.41) is 0. The molecule has 0 aliphatic heterocycles. The first-order chi connectivity index (χ1) is 12.3. The van der Waals surface area contributed by atoms with Crippen molar-refractivity contribution in [1.82, 2.24) is 0 Å². The van der Waals surface area contributed by atoms with Gasteiger partial charge in [-0.15, -0.1) is 0 Å². The van der Waals surface area contributed by atoms with E-state index >= 15 is 0 Å². The summed E-state index contributed by atoms with van der Waals surface area (Å²) in [6.07, 6.45) is -2.44. The fourth-order valence-electron chi connectivity index (χ4n) is 2.56. The molecule has 2 rings (SSSR count). The Morgan fingerprint density at radius 1 is 0.731 bits per heavy atom. The first-order valence-electron chi connectivity index (χ1n) is 8.11. The third-order valence-electron chi connectivity index (χ3n) is 3.73. The van der Waals surface area contributed by atoms with Crippen LogP contribution in [0.15, 0.2) is 36.4 Å². The molecule has 7 heteroatoms. The Balaban J connectivity index is 2.11. The van der Waals surface area contributed by atoms with Gasteiger partial charge in [0.2, 0.25) is 0 Å². The highest BCUT2D eigenvalue weighted by atomic mass is 19.1. The van der Waals surface area contributed by atoms with Crippen molar-refractivity contribution in [3.05, 3.63) is 70.8 Å². The molecule has 0 N–H and O–H groups in total. The zero-order chi connectivity index (χ0) is 19.3. The molecule has 0 spiro atoms. The monoisotopic (exact) mass is 370 g/mol. The highest BCUT2D eigenvalue weighted by Gasteiger charge is 2.22. The quantitative estimate of drug-likeness (QED) is 0.462. The van der Waals surface area contributed by atoms with E-state index < -0.39 is 41.6 Å². The maximum absolute atomic E-state index is 13.3. The molecular formula is C19H18F4O3. The lowest BCUT2D eigenvalue weighted by molar-refractivity contribution is -0.00548. The predicted molar refractivity (Wildman–Crippen MR) is 86.3 cm³/mol. The molecule has 0 heterocycles. The minimum atomic E-state index is -1.10. The van der Waals surface area contributed by atoms with E-state index in [0.29, 0.717) is 12.1 Å². The summed E-state index contributed by atoms with van der Waals surface area (Å²) in [4.78, 5) is 12.0. The maximum Gasteiger partial charge on any atom is 0.509 e. The van der Waals surface area contributed by atoms with Gasteiger partial charge in [-0.05, 0) is 48.2 Å². The van der Waals surface area contributed by atoms with E-state index in [0.717, 1.165) is 24.3 Å². The molecule has 3 nitrogen and oxygen atoms in total. The van der Waals surface area contributed by atoms with Gasteiger partial charge in [0.25, 0.3) is 0 Å². The number of carbonyl (C=O) groups is 1. The Kier molecular flexibility index (Phi) is 6.60. The average molecular weight is 370 g/mol. The second kappa shape index (κ2) is 8.69. The van der Waals surface area contributed by atoms with E-state index in [9.17, 15) is 22.4 Å². The molecule has 0 saturated carbocycles. The molecule has 0 radical (unpaired) electrons. The number of carbonyl (C=O) groups excluding carboxylic acids is 1. The normalized spacial score (nSPS) is 13.2. The van der Waals surface area contributed by atoms with Crippen LogP contribution < -0.4 is 0 Å². The van der Waals surface area contributed by atoms with Crippen LogP contribution in [-0.4, -0.2) is 6.16 Å². The molecule has 2 atom stereocenters. The van der Waals surface area contributed by atoms with E-state index in [1.165, 1.54) is 0 Å². The molecule has 2 aromatic rings. The Hall–Kier alpha value is -2.57. The molecule has 0 fully saturated rings. The van der Waals surface area contributed by atoms with Crippen molar-refractivity contribution in [3.8, 4) is 0 Å². The lowest BCUT2D eigenvalue weighted by atomic mass is 10.1. The predicted octanol–water partition coefficient (Wildman–Crippen LogP) is 6.00. The van der Waals surface area contributed by atoms with Crippen LogP contribution in [0.1, 0.15) is 50.0 Å². The minimum absolute atomic E-state index is 0.145. The van der Waals surface area contributed by atoms with Gasteiger partial charge in [-0.2, -0.15) is 0 Å². The fraction of sp³-hybridized carbons (Fsp3) is 0.316. The number of hydrogen-bond donors (Lipinski definition) is 0. The lowest BCUT2D eigenvalue weighted by Crippen LogP contribution is -2.16. The number of hydrogen-bond acceptors (Lipinski definition) is 3. The minimum Gasteiger partial charge on any atom is -0.426 e. The van der Waals surface area contributed by atoms with Crippen LogP contribution in [0.4, 0.5) is 22.4 Å².